The fourth-order valence-corrected chi connectivity index (χ4v) is 1.94. The molecule has 0 saturated carbocycles. The zero-order valence-corrected chi connectivity index (χ0v) is 12.0. The monoisotopic (exact) mass is 282 g/mol. The molecule has 2 aromatic rings. The van der Waals surface area contributed by atoms with Crippen LogP contribution in [0.1, 0.15) is 18.4 Å². The molecule has 108 valence electrons. The number of ether oxygens (including phenoxy) is 2. The molecule has 0 saturated heterocycles. The van der Waals surface area contributed by atoms with Gasteiger partial charge in [-0.2, -0.15) is 0 Å². The Labute approximate surface area is 124 Å². The SMILES string of the molecule is C=CCOC(=O)C(C)c1ccccc1Oc1ccccc1. The van der Waals surface area contributed by atoms with Gasteiger partial charge in [0.15, 0.2) is 0 Å². The summed E-state index contributed by atoms with van der Waals surface area (Å²) in [6.45, 7) is 5.55. The van der Waals surface area contributed by atoms with E-state index >= 15 is 0 Å². The molecule has 0 fully saturated rings. The van der Waals surface area contributed by atoms with Crippen molar-refractivity contribution in [2.75, 3.05) is 6.61 Å². The molecule has 0 spiro atoms. The van der Waals surface area contributed by atoms with Crippen LogP contribution in [-0.4, -0.2) is 12.6 Å². The topological polar surface area (TPSA) is 35.5 Å². The molecule has 0 radical (unpaired) electrons. The minimum absolute atomic E-state index is 0.213. The van der Waals surface area contributed by atoms with E-state index in [1.165, 1.54) is 0 Å². The first kappa shape index (κ1) is 14.9. The van der Waals surface area contributed by atoms with Crippen LogP contribution in [0.3, 0.4) is 0 Å². The third kappa shape index (κ3) is 3.96. The van der Waals surface area contributed by atoms with E-state index in [9.17, 15) is 4.79 Å². The number of para-hydroxylation sites is 2. The van der Waals surface area contributed by atoms with Crippen molar-refractivity contribution in [3.8, 4) is 11.5 Å². The molecule has 0 amide bonds. The smallest absolute Gasteiger partial charge is 0.313 e. The van der Waals surface area contributed by atoms with Gasteiger partial charge in [-0.05, 0) is 25.1 Å². The molecule has 0 aromatic heterocycles. The summed E-state index contributed by atoms with van der Waals surface area (Å²) in [6.07, 6.45) is 1.55. The average molecular weight is 282 g/mol. The van der Waals surface area contributed by atoms with Crippen LogP contribution < -0.4 is 4.74 Å². The first-order valence-corrected chi connectivity index (χ1v) is 6.81. The summed E-state index contributed by atoms with van der Waals surface area (Å²) in [5, 5.41) is 0. The third-order valence-electron chi connectivity index (χ3n) is 3.05. The number of carbonyl (C=O) groups excluding carboxylic acids is 1. The van der Waals surface area contributed by atoms with Crippen molar-refractivity contribution in [2.45, 2.75) is 12.8 Å². The van der Waals surface area contributed by atoms with Crippen molar-refractivity contribution in [1.29, 1.82) is 0 Å². The van der Waals surface area contributed by atoms with Crippen LogP contribution in [0, 0.1) is 0 Å². The summed E-state index contributed by atoms with van der Waals surface area (Å²) in [5.74, 6) is 0.701. The van der Waals surface area contributed by atoms with Crippen molar-refractivity contribution in [3.05, 3.63) is 72.8 Å². The molecule has 3 nitrogen and oxygen atoms in total. The van der Waals surface area contributed by atoms with Gasteiger partial charge in [0.05, 0.1) is 5.92 Å². The first-order chi connectivity index (χ1) is 10.2. The lowest BCUT2D eigenvalue weighted by Crippen LogP contribution is -2.14. The van der Waals surface area contributed by atoms with E-state index in [0.29, 0.717) is 5.75 Å². The van der Waals surface area contributed by atoms with E-state index in [0.717, 1.165) is 11.3 Å². The van der Waals surface area contributed by atoms with Crippen LogP contribution in [0.4, 0.5) is 0 Å². The number of benzene rings is 2. The molecule has 0 N–H and O–H groups in total. The van der Waals surface area contributed by atoms with Crippen LogP contribution >= 0.6 is 0 Å². The Morgan fingerprint density at radius 3 is 2.52 bits per heavy atom. The standard InChI is InChI=1S/C18H18O3/c1-3-13-20-18(19)14(2)16-11-7-8-12-17(16)21-15-9-5-4-6-10-15/h3-12,14H,1,13H2,2H3. The maximum atomic E-state index is 12.0. The fraction of sp³-hybridized carbons (Fsp3) is 0.167. The van der Waals surface area contributed by atoms with E-state index in [1.54, 1.807) is 13.0 Å². The molecule has 0 aliphatic carbocycles. The van der Waals surface area contributed by atoms with Gasteiger partial charge in [-0.1, -0.05) is 49.1 Å². The lowest BCUT2D eigenvalue weighted by molar-refractivity contribution is -0.143. The Kier molecular flexibility index (Phi) is 5.16. The predicted octanol–water partition coefficient (Wildman–Crippen LogP) is 4.31. The molecule has 0 aliphatic rings. The van der Waals surface area contributed by atoms with Gasteiger partial charge in [0.25, 0.3) is 0 Å². The lowest BCUT2D eigenvalue weighted by Gasteiger charge is -2.15. The summed E-state index contributed by atoms with van der Waals surface area (Å²) >= 11 is 0. The molecule has 1 atom stereocenters. The van der Waals surface area contributed by atoms with Crippen LogP contribution in [0.5, 0.6) is 11.5 Å². The number of rotatable bonds is 6. The van der Waals surface area contributed by atoms with Crippen LogP contribution in [0.25, 0.3) is 0 Å². The van der Waals surface area contributed by atoms with Gasteiger partial charge in [0.1, 0.15) is 18.1 Å². The molecule has 21 heavy (non-hydrogen) atoms. The van der Waals surface area contributed by atoms with E-state index in [-0.39, 0.29) is 12.6 Å². The Balaban J connectivity index is 2.20. The largest absolute Gasteiger partial charge is 0.461 e. The molecular formula is C18H18O3. The highest BCUT2D eigenvalue weighted by Crippen LogP contribution is 2.31. The number of esters is 1. The minimum atomic E-state index is -0.398. The lowest BCUT2D eigenvalue weighted by atomic mass is 10.0. The van der Waals surface area contributed by atoms with Gasteiger partial charge in [0, 0.05) is 5.56 Å². The predicted molar refractivity (Wildman–Crippen MR) is 82.5 cm³/mol. The van der Waals surface area contributed by atoms with Gasteiger partial charge in [-0.15, -0.1) is 0 Å². The van der Waals surface area contributed by atoms with Crippen molar-refractivity contribution in [2.24, 2.45) is 0 Å². The van der Waals surface area contributed by atoms with Gasteiger partial charge in [-0.3, -0.25) is 4.79 Å². The summed E-state index contributed by atoms with van der Waals surface area (Å²) < 4.78 is 11.0. The van der Waals surface area contributed by atoms with E-state index in [1.807, 2.05) is 54.6 Å². The quantitative estimate of drug-likeness (QED) is 0.585. The molecule has 0 aliphatic heterocycles. The van der Waals surface area contributed by atoms with E-state index in [4.69, 9.17) is 9.47 Å². The minimum Gasteiger partial charge on any atom is -0.461 e. The Morgan fingerprint density at radius 1 is 1.14 bits per heavy atom. The molecule has 3 heteroatoms. The average Bonchev–Trinajstić information content (AvgIpc) is 2.53. The summed E-state index contributed by atoms with van der Waals surface area (Å²) in [6, 6.07) is 17.0. The van der Waals surface area contributed by atoms with E-state index < -0.39 is 5.92 Å². The highest BCUT2D eigenvalue weighted by Gasteiger charge is 2.20. The Hall–Kier alpha value is -2.55. The zero-order valence-electron chi connectivity index (χ0n) is 12.0. The van der Waals surface area contributed by atoms with Crippen molar-refractivity contribution >= 4 is 5.97 Å². The van der Waals surface area contributed by atoms with Gasteiger partial charge < -0.3 is 9.47 Å². The molecular weight excluding hydrogens is 264 g/mol. The van der Waals surface area contributed by atoms with E-state index in [2.05, 4.69) is 6.58 Å². The highest BCUT2D eigenvalue weighted by molar-refractivity contribution is 5.78. The zero-order chi connectivity index (χ0) is 15.1. The van der Waals surface area contributed by atoms with Crippen LogP contribution in [0.15, 0.2) is 67.3 Å². The van der Waals surface area contributed by atoms with Gasteiger partial charge >= 0.3 is 5.97 Å². The molecule has 2 rings (SSSR count). The highest BCUT2D eigenvalue weighted by atomic mass is 16.5. The normalized spacial score (nSPS) is 11.5. The van der Waals surface area contributed by atoms with Crippen molar-refractivity contribution < 1.29 is 14.3 Å². The first-order valence-electron chi connectivity index (χ1n) is 6.81. The van der Waals surface area contributed by atoms with Crippen molar-refractivity contribution in [3.63, 3.8) is 0 Å². The molecule has 2 aromatic carbocycles. The Morgan fingerprint density at radius 2 is 1.81 bits per heavy atom. The Bertz CT molecular complexity index is 605. The summed E-state index contributed by atoms with van der Waals surface area (Å²) in [4.78, 5) is 12.0. The molecule has 0 heterocycles. The number of hydrogen-bond acceptors (Lipinski definition) is 3. The summed E-state index contributed by atoms with van der Waals surface area (Å²) in [7, 11) is 0. The third-order valence-corrected chi connectivity index (χ3v) is 3.05. The fourth-order valence-electron chi connectivity index (χ4n) is 1.94. The second-order valence-corrected chi connectivity index (χ2v) is 4.59. The van der Waals surface area contributed by atoms with Gasteiger partial charge in [0.2, 0.25) is 0 Å². The molecule has 0 bridgehead atoms. The van der Waals surface area contributed by atoms with Gasteiger partial charge in [-0.25, -0.2) is 0 Å². The molecule has 1 unspecified atom stereocenters. The van der Waals surface area contributed by atoms with Crippen LogP contribution in [0.2, 0.25) is 0 Å². The number of hydrogen-bond donors (Lipinski definition) is 0. The maximum absolute atomic E-state index is 12.0. The second kappa shape index (κ2) is 7.29. The van der Waals surface area contributed by atoms with Crippen LogP contribution in [-0.2, 0) is 9.53 Å². The summed E-state index contributed by atoms with van der Waals surface area (Å²) in [5.41, 5.74) is 0.801. The number of carbonyl (C=O) groups is 1. The second-order valence-electron chi connectivity index (χ2n) is 4.59. The maximum Gasteiger partial charge on any atom is 0.313 e. The van der Waals surface area contributed by atoms with Crippen molar-refractivity contribution in [1.82, 2.24) is 0 Å².